The summed E-state index contributed by atoms with van der Waals surface area (Å²) in [5.41, 5.74) is 6.98. The van der Waals surface area contributed by atoms with Crippen molar-refractivity contribution in [1.29, 1.82) is 0 Å². The maximum Gasteiger partial charge on any atom is 0.233 e. The number of rotatable bonds is 2. The lowest BCUT2D eigenvalue weighted by Gasteiger charge is -2.17. The Kier molecular flexibility index (Phi) is 3.21. The molecular weight excluding hydrogens is 276 g/mol. The fourth-order valence-corrected chi connectivity index (χ4v) is 3.61. The Morgan fingerprint density at radius 2 is 1.85 bits per heavy atom. The topological polar surface area (TPSA) is 63.4 Å². The first-order chi connectivity index (χ1) is 9.47. The van der Waals surface area contributed by atoms with Gasteiger partial charge in [0.25, 0.3) is 0 Å². The van der Waals surface area contributed by atoms with Crippen LogP contribution in [0.1, 0.15) is 25.3 Å². The molecule has 5 heteroatoms. The van der Waals surface area contributed by atoms with Crippen LogP contribution < -0.4 is 5.73 Å². The van der Waals surface area contributed by atoms with E-state index < -0.39 is 0 Å². The molecule has 106 valence electrons. The van der Waals surface area contributed by atoms with Crippen LogP contribution in [-0.4, -0.2) is 16.7 Å². The second kappa shape index (κ2) is 4.77. The monoisotopic (exact) mass is 292 g/mol. The van der Waals surface area contributed by atoms with Crippen LogP contribution in [0.25, 0.3) is 0 Å². The van der Waals surface area contributed by atoms with Crippen LogP contribution in [0.5, 0.6) is 0 Å². The quantitative estimate of drug-likeness (QED) is 0.673. The second-order valence-electron chi connectivity index (χ2n) is 5.90. The van der Waals surface area contributed by atoms with E-state index in [4.69, 9.17) is 17.3 Å². The van der Waals surface area contributed by atoms with Crippen LogP contribution >= 0.6 is 11.6 Å². The molecule has 2 N–H and O–H groups in total. The molecule has 1 saturated heterocycles. The second-order valence-corrected chi connectivity index (χ2v) is 6.31. The summed E-state index contributed by atoms with van der Waals surface area (Å²) in [4.78, 5) is 26.1. The Labute approximate surface area is 122 Å². The summed E-state index contributed by atoms with van der Waals surface area (Å²) in [7, 11) is 0. The van der Waals surface area contributed by atoms with Gasteiger partial charge in [0.15, 0.2) is 0 Å². The molecule has 1 aromatic carbocycles. The fraction of sp³-hybridized carbons (Fsp3) is 0.467. The van der Waals surface area contributed by atoms with Gasteiger partial charge < -0.3 is 5.73 Å². The summed E-state index contributed by atoms with van der Waals surface area (Å²) < 4.78 is 0. The van der Waals surface area contributed by atoms with Crippen LogP contribution in [0.15, 0.2) is 18.2 Å². The Hall–Kier alpha value is -1.55. The van der Waals surface area contributed by atoms with Gasteiger partial charge in [-0.05, 0) is 36.5 Å². The highest BCUT2D eigenvalue weighted by Gasteiger charge is 2.51. The average molecular weight is 293 g/mol. The predicted octanol–water partition coefficient (Wildman–Crippen LogP) is 2.45. The first kappa shape index (κ1) is 13.4. The van der Waals surface area contributed by atoms with Crippen LogP contribution in [0, 0.1) is 17.8 Å². The lowest BCUT2D eigenvalue weighted by molar-refractivity contribution is -0.141. The van der Waals surface area contributed by atoms with Crippen molar-refractivity contribution in [2.24, 2.45) is 17.8 Å². The lowest BCUT2D eigenvalue weighted by Crippen LogP contribution is -2.31. The normalized spacial score (nSPS) is 29.1. The third-order valence-electron chi connectivity index (χ3n) is 4.37. The average Bonchev–Trinajstić information content (AvgIpc) is 2.86. The van der Waals surface area contributed by atoms with Gasteiger partial charge in [-0.15, -0.1) is 0 Å². The minimum Gasteiger partial charge on any atom is -0.399 e. The number of likely N-dealkylation sites (tertiary alicyclic amines) is 1. The molecular formula is C15H17ClN2O2. The van der Waals surface area contributed by atoms with E-state index in [9.17, 15) is 9.59 Å². The van der Waals surface area contributed by atoms with Crippen molar-refractivity contribution in [3.8, 4) is 0 Å². The maximum atomic E-state index is 12.4. The minimum atomic E-state index is -0.120. The van der Waals surface area contributed by atoms with Crippen molar-refractivity contribution in [3.05, 3.63) is 28.8 Å². The number of fused-ring (bicyclic) bond motifs is 1. The molecule has 0 bridgehead atoms. The van der Waals surface area contributed by atoms with Gasteiger partial charge in [0.1, 0.15) is 0 Å². The zero-order valence-corrected chi connectivity index (χ0v) is 12.1. The summed E-state index contributed by atoms with van der Waals surface area (Å²) in [5, 5.41) is 0.496. The number of hydrogen-bond acceptors (Lipinski definition) is 3. The van der Waals surface area contributed by atoms with Crippen molar-refractivity contribution >= 4 is 29.1 Å². The standard InChI is InChI=1S/C15H17ClN2O2/c1-8-4-11-12(5-8)15(20)18(14(11)19)7-9-2-3-10(17)6-13(9)16/h2-3,6,8,11-12H,4-5,7,17H2,1H3. The fourth-order valence-electron chi connectivity index (χ4n) is 3.36. The number of hydrogen-bond donors (Lipinski definition) is 1. The highest BCUT2D eigenvalue weighted by Crippen LogP contribution is 2.43. The smallest absolute Gasteiger partial charge is 0.233 e. The van der Waals surface area contributed by atoms with Gasteiger partial charge in [0.05, 0.1) is 18.4 Å². The zero-order valence-electron chi connectivity index (χ0n) is 11.3. The molecule has 2 amide bonds. The summed E-state index contributed by atoms with van der Waals surface area (Å²) >= 11 is 6.12. The molecule has 1 heterocycles. The molecule has 0 radical (unpaired) electrons. The van der Waals surface area contributed by atoms with Crippen molar-refractivity contribution < 1.29 is 9.59 Å². The molecule has 1 aliphatic heterocycles. The number of nitrogens with zero attached hydrogens (tertiary/aromatic N) is 1. The Balaban J connectivity index is 1.82. The molecule has 0 aromatic heterocycles. The van der Waals surface area contributed by atoms with Gasteiger partial charge in [-0.1, -0.05) is 24.6 Å². The third-order valence-corrected chi connectivity index (χ3v) is 4.72. The number of nitrogen functional groups attached to an aromatic ring is 1. The number of imide groups is 1. The number of halogens is 1. The van der Waals surface area contributed by atoms with Crippen LogP contribution in [0.4, 0.5) is 5.69 Å². The van der Waals surface area contributed by atoms with Gasteiger partial charge in [-0.25, -0.2) is 0 Å². The van der Waals surface area contributed by atoms with E-state index in [1.807, 2.05) is 0 Å². The van der Waals surface area contributed by atoms with Crippen molar-refractivity contribution in [2.75, 3.05) is 5.73 Å². The number of benzene rings is 1. The number of nitrogens with two attached hydrogens (primary N) is 1. The first-order valence-corrected chi connectivity index (χ1v) is 7.24. The SMILES string of the molecule is CC1CC2C(=O)N(Cc3ccc(N)cc3Cl)C(=O)C2C1. The number of carbonyl (C=O) groups is 2. The number of amides is 2. The van der Waals surface area contributed by atoms with Crippen LogP contribution in [0.3, 0.4) is 0 Å². The number of anilines is 1. The Morgan fingerprint density at radius 3 is 2.40 bits per heavy atom. The lowest BCUT2D eigenvalue weighted by atomic mass is 10.00. The number of carbonyl (C=O) groups excluding carboxylic acids is 2. The van der Waals surface area contributed by atoms with Crippen molar-refractivity contribution in [1.82, 2.24) is 4.90 Å². The molecule has 2 unspecified atom stereocenters. The third kappa shape index (κ3) is 2.08. The molecule has 2 fully saturated rings. The van der Waals surface area contributed by atoms with Gasteiger partial charge in [-0.2, -0.15) is 0 Å². The highest BCUT2D eigenvalue weighted by atomic mass is 35.5. The van der Waals surface area contributed by atoms with Gasteiger partial charge in [-0.3, -0.25) is 14.5 Å². The first-order valence-electron chi connectivity index (χ1n) is 6.86. The van der Waals surface area contributed by atoms with Crippen LogP contribution in [-0.2, 0) is 16.1 Å². The van der Waals surface area contributed by atoms with E-state index in [2.05, 4.69) is 6.92 Å². The molecule has 2 atom stereocenters. The summed E-state index contributed by atoms with van der Waals surface area (Å²) in [5.74, 6) is 0.129. The summed E-state index contributed by atoms with van der Waals surface area (Å²) in [6.07, 6.45) is 1.64. The molecule has 20 heavy (non-hydrogen) atoms. The molecule has 1 aromatic rings. The largest absolute Gasteiger partial charge is 0.399 e. The van der Waals surface area contributed by atoms with E-state index in [0.29, 0.717) is 16.6 Å². The molecule has 0 spiro atoms. The van der Waals surface area contributed by atoms with Crippen LogP contribution in [0.2, 0.25) is 5.02 Å². The molecule has 1 aliphatic carbocycles. The Bertz CT molecular complexity index is 563. The molecule has 2 aliphatic rings. The predicted molar refractivity (Wildman–Crippen MR) is 76.8 cm³/mol. The molecule has 4 nitrogen and oxygen atoms in total. The molecule has 3 rings (SSSR count). The van der Waals surface area contributed by atoms with E-state index in [0.717, 1.165) is 18.4 Å². The summed E-state index contributed by atoms with van der Waals surface area (Å²) in [6.45, 7) is 2.35. The Morgan fingerprint density at radius 1 is 1.25 bits per heavy atom. The highest BCUT2D eigenvalue weighted by molar-refractivity contribution is 6.31. The van der Waals surface area contributed by atoms with Crippen molar-refractivity contribution in [2.45, 2.75) is 26.3 Å². The summed E-state index contributed by atoms with van der Waals surface area (Å²) in [6, 6.07) is 5.15. The zero-order chi connectivity index (χ0) is 14.4. The minimum absolute atomic E-state index is 0.0442. The maximum absolute atomic E-state index is 12.4. The van der Waals surface area contributed by atoms with E-state index in [1.54, 1.807) is 18.2 Å². The van der Waals surface area contributed by atoms with E-state index in [-0.39, 0.29) is 30.2 Å². The van der Waals surface area contributed by atoms with Gasteiger partial charge in [0, 0.05) is 10.7 Å². The van der Waals surface area contributed by atoms with Gasteiger partial charge in [0.2, 0.25) is 11.8 Å². The van der Waals surface area contributed by atoms with E-state index >= 15 is 0 Å². The van der Waals surface area contributed by atoms with Gasteiger partial charge >= 0.3 is 0 Å². The van der Waals surface area contributed by atoms with Crippen molar-refractivity contribution in [3.63, 3.8) is 0 Å². The van der Waals surface area contributed by atoms with E-state index in [1.165, 1.54) is 4.90 Å². The molecule has 1 saturated carbocycles.